The number of hydrogen-bond donors (Lipinski definition) is 2. The van der Waals surface area contributed by atoms with Crippen molar-refractivity contribution in [2.24, 2.45) is 0 Å². The highest BCUT2D eigenvalue weighted by molar-refractivity contribution is 5.77. The summed E-state index contributed by atoms with van der Waals surface area (Å²) >= 11 is 0. The summed E-state index contributed by atoms with van der Waals surface area (Å²) in [7, 11) is 0. The Morgan fingerprint density at radius 2 is 2.44 bits per heavy atom. The minimum Gasteiger partial charge on any atom is -0.356 e. The van der Waals surface area contributed by atoms with Crippen LogP contribution in [0.1, 0.15) is 6.42 Å². The van der Waals surface area contributed by atoms with Gasteiger partial charge in [0.2, 0.25) is 0 Å². The molecule has 2 atom stereocenters. The molecule has 2 fully saturated rings. The Morgan fingerprint density at radius 3 is 3.22 bits per heavy atom. The fourth-order valence-corrected chi connectivity index (χ4v) is 1.22. The van der Waals surface area contributed by atoms with Crippen LogP contribution >= 0.6 is 0 Å². The van der Waals surface area contributed by atoms with Crippen molar-refractivity contribution in [1.82, 2.24) is 10.6 Å². The third kappa shape index (κ3) is 0.666. The summed E-state index contributed by atoms with van der Waals surface area (Å²) in [5.74, 6) is 0. The molecule has 2 aliphatic heterocycles. The molecule has 50 valence electrons. The molecule has 0 aliphatic carbocycles. The van der Waals surface area contributed by atoms with Gasteiger partial charge in [0.05, 0.1) is 12.6 Å². The van der Waals surface area contributed by atoms with Crippen LogP contribution in [0.25, 0.3) is 0 Å². The molecule has 0 aromatic heterocycles. The molecule has 2 N–H and O–H groups in total. The van der Waals surface area contributed by atoms with Crippen molar-refractivity contribution in [2.45, 2.75) is 18.7 Å². The SMILES string of the molecule is O=C1NC2CCOC2N1. The van der Waals surface area contributed by atoms with Crippen LogP contribution in [0.15, 0.2) is 0 Å². The first kappa shape index (κ1) is 5.05. The number of rotatable bonds is 0. The largest absolute Gasteiger partial charge is 0.356 e. The Kier molecular flexibility index (Phi) is 0.900. The summed E-state index contributed by atoms with van der Waals surface area (Å²) in [4.78, 5) is 10.6. The molecule has 2 unspecified atom stereocenters. The van der Waals surface area contributed by atoms with Crippen LogP contribution in [0.5, 0.6) is 0 Å². The van der Waals surface area contributed by atoms with Gasteiger partial charge in [-0.3, -0.25) is 0 Å². The van der Waals surface area contributed by atoms with Gasteiger partial charge in [-0.25, -0.2) is 4.79 Å². The fourth-order valence-electron chi connectivity index (χ4n) is 1.22. The van der Waals surface area contributed by atoms with Gasteiger partial charge in [-0.2, -0.15) is 0 Å². The van der Waals surface area contributed by atoms with Gasteiger partial charge >= 0.3 is 6.03 Å². The van der Waals surface area contributed by atoms with Crippen LogP contribution in [0.3, 0.4) is 0 Å². The molecule has 2 aliphatic rings. The van der Waals surface area contributed by atoms with Crippen LogP contribution < -0.4 is 10.6 Å². The van der Waals surface area contributed by atoms with Crippen molar-refractivity contribution >= 4 is 6.03 Å². The van der Waals surface area contributed by atoms with Crippen molar-refractivity contribution in [2.75, 3.05) is 6.61 Å². The van der Waals surface area contributed by atoms with Crippen LogP contribution in [0.2, 0.25) is 0 Å². The predicted molar refractivity (Wildman–Crippen MR) is 29.8 cm³/mol. The van der Waals surface area contributed by atoms with Crippen LogP contribution in [-0.2, 0) is 4.74 Å². The lowest BCUT2D eigenvalue weighted by Gasteiger charge is -2.03. The molecule has 2 amide bonds. The second-order valence-electron chi connectivity index (χ2n) is 2.30. The molecule has 2 saturated heterocycles. The van der Waals surface area contributed by atoms with Crippen LogP contribution in [-0.4, -0.2) is 24.9 Å². The average molecular weight is 128 g/mol. The van der Waals surface area contributed by atoms with E-state index in [1.165, 1.54) is 0 Å². The minimum absolute atomic E-state index is 0.0579. The average Bonchev–Trinajstić information content (AvgIpc) is 2.22. The molecule has 4 nitrogen and oxygen atoms in total. The molecule has 0 aromatic carbocycles. The molecule has 2 heterocycles. The molecule has 9 heavy (non-hydrogen) atoms. The second kappa shape index (κ2) is 1.60. The van der Waals surface area contributed by atoms with Gasteiger partial charge in [0, 0.05) is 0 Å². The van der Waals surface area contributed by atoms with E-state index in [9.17, 15) is 4.79 Å². The fraction of sp³-hybridized carbons (Fsp3) is 0.800. The van der Waals surface area contributed by atoms with E-state index in [1.54, 1.807) is 0 Å². The molecule has 2 rings (SSSR count). The van der Waals surface area contributed by atoms with E-state index in [2.05, 4.69) is 10.6 Å². The molecule has 4 heteroatoms. The van der Waals surface area contributed by atoms with E-state index in [1.807, 2.05) is 0 Å². The molecule has 0 bridgehead atoms. The van der Waals surface area contributed by atoms with Gasteiger partial charge in [-0.05, 0) is 6.42 Å². The molecular formula is C5H8N2O2. The first-order valence-electron chi connectivity index (χ1n) is 3.05. The van der Waals surface area contributed by atoms with Crippen molar-refractivity contribution in [3.8, 4) is 0 Å². The van der Waals surface area contributed by atoms with Gasteiger partial charge < -0.3 is 15.4 Å². The number of fused-ring (bicyclic) bond motifs is 1. The summed E-state index contributed by atoms with van der Waals surface area (Å²) in [5, 5.41) is 5.38. The summed E-state index contributed by atoms with van der Waals surface area (Å²) in [6.45, 7) is 0.753. The van der Waals surface area contributed by atoms with Gasteiger partial charge in [0.1, 0.15) is 0 Å². The van der Waals surface area contributed by atoms with E-state index < -0.39 is 0 Å². The third-order valence-corrected chi connectivity index (χ3v) is 1.68. The van der Waals surface area contributed by atoms with Crippen LogP contribution in [0, 0.1) is 0 Å². The Labute approximate surface area is 52.6 Å². The van der Waals surface area contributed by atoms with Crippen molar-refractivity contribution < 1.29 is 9.53 Å². The maximum Gasteiger partial charge on any atom is 0.317 e. The van der Waals surface area contributed by atoms with Gasteiger partial charge in [-0.1, -0.05) is 0 Å². The van der Waals surface area contributed by atoms with E-state index in [0.717, 1.165) is 13.0 Å². The number of urea groups is 1. The zero-order valence-corrected chi connectivity index (χ0v) is 4.89. The zero-order valence-electron chi connectivity index (χ0n) is 4.89. The number of amides is 2. The van der Waals surface area contributed by atoms with Gasteiger partial charge in [0.15, 0.2) is 6.23 Å². The normalized spacial score (nSPS) is 39.8. The zero-order chi connectivity index (χ0) is 6.27. The number of carbonyl (C=O) groups excluding carboxylic acids is 1. The van der Waals surface area contributed by atoms with Crippen molar-refractivity contribution in [3.63, 3.8) is 0 Å². The first-order chi connectivity index (χ1) is 4.36. The van der Waals surface area contributed by atoms with Crippen LogP contribution in [0.4, 0.5) is 4.79 Å². The molecule has 0 spiro atoms. The molecule has 0 aromatic rings. The maximum atomic E-state index is 10.6. The van der Waals surface area contributed by atoms with E-state index >= 15 is 0 Å². The Balaban J connectivity index is 2.09. The molecule has 0 radical (unpaired) electrons. The standard InChI is InChI=1S/C5H8N2O2/c8-5-6-3-1-2-9-4(3)7-5/h3-4H,1-2H2,(H2,6,7,8). The summed E-state index contributed by atoms with van der Waals surface area (Å²) in [5.41, 5.74) is 0. The highest BCUT2D eigenvalue weighted by atomic mass is 16.5. The monoisotopic (exact) mass is 128 g/mol. The minimum atomic E-state index is -0.107. The van der Waals surface area contributed by atoms with E-state index in [0.29, 0.717) is 0 Å². The van der Waals surface area contributed by atoms with Crippen molar-refractivity contribution in [1.29, 1.82) is 0 Å². The quantitative estimate of drug-likeness (QED) is 0.458. The second-order valence-corrected chi connectivity index (χ2v) is 2.30. The lowest BCUT2D eigenvalue weighted by molar-refractivity contribution is 0.0972. The summed E-state index contributed by atoms with van der Waals surface area (Å²) in [6.07, 6.45) is 0.876. The highest BCUT2D eigenvalue weighted by Crippen LogP contribution is 2.14. The van der Waals surface area contributed by atoms with Crippen molar-refractivity contribution in [3.05, 3.63) is 0 Å². The number of nitrogens with one attached hydrogen (secondary N) is 2. The van der Waals surface area contributed by atoms with E-state index in [-0.39, 0.29) is 18.3 Å². The Morgan fingerprint density at radius 1 is 1.56 bits per heavy atom. The Bertz CT molecular complexity index is 134. The number of ether oxygens (including phenoxy) is 1. The van der Waals surface area contributed by atoms with Gasteiger partial charge in [0.25, 0.3) is 0 Å². The Hall–Kier alpha value is -0.770. The predicted octanol–water partition coefficient (Wildman–Crippen LogP) is -0.586. The molecular weight excluding hydrogens is 120 g/mol. The van der Waals surface area contributed by atoms with Gasteiger partial charge in [-0.15, -0.1) is 0 Å². The summed E-state index contributed by atoms with van der Waals surface area (Å²) in [6, 6.07) is 0.113. The number of carbonyl (C=O) groups is 1. The molecule has 0 saturated carbocycles. The summed E-state index contributed by atoms with van der Waals surface area (Å²) < 4.78 is 5.15. The topological polar surface area (TPSA) is 50.4 Å². The number of hydrogen-bond acceptors (Lipinski definition) is 2. The smallest absolute Gasteiger partial charge is 0.317 e. The third-order valence-electron chi connectivity index (χ3n) is 1.68. The highest BCUT2D eigenvalue weighted by Gasteiger charge is 2.36. The maximum absolute atomic E-state index is 10.6. The van der Waals surface area contributed by atoms with E-state index in [4.69, 9.17) is 4.74 Å². The first-order valence-corrected chi connectivity index (χ1v) is 3.05. The lowest BCUT2D eigenvalue weighted by atomic mass is 10.2. The lowest BCUT2D eigenvalue weighted by Crippen LogP contribution is -2.28.